The number of sulfonamides is 1. The third-order valence-electron chi connectivity index (χ3n) is 2.64. The summed E-state index contributed by atoms with van der Waals surface area (Å²) in [5, 5.41) is 2.56. The van der Waals surface area contributed by atoms with Crippen LogP contribution in [0, 0.1) is 0 Å². The average molecular weight is 380 g/mol. The second kappa shape index (κ2) is 7.74. The van der Waals surface area contributed by atoms with E-state index in [1.165, 1.54) is 32.4 Å². The molecule has 1 amide bonds. The minimum atomic E-state index is -3.77. The monoisotopic (exact) mass is 379 g/mol. The van der Waals surface area contributed by atoms with Crippen molar-refractivity contribution in [2.24, 2.45) is 0 Å². The van der Waals surface area contributed by atoms with Crippen LogP contribution >= 0.6 is 15.9 Å². The number of carbonyl (C=O) groups excluding carboxylic acids is 1. The standard InChI is InChI=1S/C12H18BrN3O4S/c1-16(8-12(17)15-5-6-20-2)21(18,19)11-4-3-9(14)7-10(11)13/h3-4,7H,5-6,8,14H2,1-2H3,(H,15,17). The minimum Gasteiger partial charge on any atom is -0.399 e. The number of anilines is 1. The Labute approximate surface area is 132 Å². The second-order valence-electron chi connectivity index (χ2n) is 4.29. The van der Waals surface area contributed by atoms with Crippen LogP contribution in [0.4, 0.5) is 5.69 Å². The summed E-state index contributed by atoms with van der Waals surface area (Å²) in [6.07, 6.45) is 0. The van der Waals surface area contributed by atoms with Gasteiger partial charge in [-0.1, -0.05) is 0 Å². The fourth-order valence-electron chi connectivity index (χ4n) is 1.53. The number of carbonyl (C=O) groups is 1. The van der Waals surface area contributed by atoms with Crippen LogP contribution < -0.4 is 11.1 Å². The van der Waals surface area contributed by atoms with E-state index in [2.05, 4.69) is 21.2 Å². The summed E-state index contributed by atoms with van der Waals surface area (Å²) in [6, 6.07) is 4.39. The van der Waals surface area contributed by atoms with E-state index < -0.39 is 15.9 Å². The molecule has 3 N–H and O–H groups in total. The van der Waals surface area contributed by atoms with E-state index >= 15 is 0 Å². The number of hydrogen-bond donors (Lipinski definition) is 2. The first kappa shape index (κ1) is 17.9. The van der Waals surface area contributed by atoms with Gasteiger partial charge >= 0.3 is 0 Å². The van der Waals surface area contributed by atoms with Crippen LogP contribution in [-0.4, -0.2) is 52.5 Å². The summed E-state index contributed by atoms with van der Waals surface area (Å²) in [6.45, 7) is 0.420. The molecule has 0 aromatic heterocycles. The Bertz CT molecular complexity index is 607. The third kappa shape index (κ3) is 4.95. The highest BCUT2D eigenvalue weighted by Gasteiger charge is 2.25. The van der Waals surface area contributed by atoms with E-state index in [0.29, 0.717) is 23.3 Å². The summed E-state index contributed by atoms with van der Waals surface area (Å²) >= 11 is 3.17. The van der Waals surface area contributed by atoms with E-state index in [0.717, 1.165) is 4.31 Å². The molecule has 118 valence electrons. The minimum absolute atomic E-state index is 0.0592. The number of hydrogen-bond acceptors (Lipinski definition) is 5. The molecule has 0 fully saturated rings. The molecule has 0 saturated carbocycles. The zero-order valence-corrected chi connectivity index (χ0v) is 14.2. The van der Waals surface area contributed by atoms with Gasteiger partial charge in [-0.3, -0.25) is 4.79 Å². The predicted octanol–water partition coefficient (Wildman–Crippen LogP) is 0.414. The number of methoxy groups -OCH3 is 1. The molecule has 1 aromatic carbocycles. The quantitative estimate of drug-likeness (QED) is 0.527. The summed E-state index contributed by atoms with van der Waals surface area (Å²) in [4.78, 5) is 11.7. The van der Waals surface area contributed by atoms with Gasteiger partial charge in [-0.2, -0.15) is 4.31 Å². The molecular weight excluding hydrogens is 362 g/mol. The van der Waals surface area contributed by atoms with Crippen molar-refractivity contribution in [2.75, 3.05) is 39.6 Å². The summed E-state index contributed by atoms with van der Waals surface area (Å²) < 4.78 is 30.9. The molecule has 0 atom stereocenters. The maximum atomic E-state index is 12.4. The lowest BCUT2D eigenvalue weighted by Crippen LogP contribution is -2.39. The van der Waals surface area contributed by atoms with Crippen molar-refractivity contribution < 1.29 is 17.9 Å². The van der Waals surface area contributed by atoms with Crippen LogP contribution in [0.1, 0.15) is 0 Å². The number of ether oxygens (including phenoxy) is 1. The van der Waals surface area contributed by atoms with Crippen molar-refractivity contribution in [1.82, 2.24) is 9.62 Å². The number of nitrogens with two attached hydrogens (primary N) is 1. The number of likely N-dealkylation sites (N-methyl/N-ethyl adjacent to an activating group) is 1. The Kier molecular flexibility index (Phi) is 6.59. The second-order valence-corrected chi connectivity index (χ2v) is 7.16. The Morgan fingerprint density at radius 2 is 2.14 bits per heavy atom. The summed E-state index contributed by atoms with van der Waals surface area (Å²) in [5.41, 5.74) is 6.03. The number of nitrogen functional groups attached to an aromatic ring is 1. The maximum absolute atomic E-state index is 12.4. The molecule has 0 aliphatic rings. The zero-order chi connectivity index (χ0) is 16.0. The molecule has 0 aliphatic heterocycles. The van der Waals surface area contributed by atoms with Crippen molar-refractivity contribution >= 4 is 37.5 Å². The van der Waals surface area contributed by atoms with Gasteiger partial charge in [0.15, 0.2) is 0 Å². The Balaban J connectivity index is 2.80. The molecule has 1 aromatic rings. The first-order valence-corrected chi connectivity index (χ1v) is 8.29. The molecule has 0 unspecified atom stereocenters. The lowest BCUT2D eigenvalue weighted by atomic mass is 10.3. The highest BCUT2D eigenvalue weighted by molar-refractivity contribution is 9.10. The van der Waals surface area contributed by atoms with Crippen LogP contribution in [0.25, 0.3) is 0 Å². The van der Waals surface area contributed by atoms with Crippen LogP contribution in [0.3, 0.4) is 0 Å². The van der Waals surface area contributed by atoms with E-state index in [9.17, 15) is 13.2 Å². The van der Waals surface area contributed by atoms with Gasteiger partial charge in [0.2, 0.25) is 15.9 Å². The number of amides is 1. The molecular formula is C12H18BrN3O4S. The number of rotatable bonds is 7. The van der Waals surface area contributed by atoms with Crippen molar-refractivity contribution in [1.29, 1.82) is 0 Å². The average Bonchev–Trinajstić information content (AvgIpc) is 2.38. The predicted molar refractivity (Wildman–Crippen MR) is 83.3 cm³/mol. The van der Waals surface area contributed by atoms with E-state index in [-0.39, 0.29) is 11.4 Å². The van der Waals surface area contributed by atoms with Crippen molar-refractivity contribution in [3.8, 4) is 0 Å². The largest absolute Gasteiger partial charge is 0.399 e. The molecule has 1 rings (SSSR count). The number of benzene rings is 1. The van der Waals surface area contributed by atoms with Crippen LogP contribution in [0.15, 0.2) is 27.6 Å². The van der Waals surface area contributed by atoms with Crippen LogP contribution in [-0.2, 0) is 19.6 Å². The number of halogens is 1. The fraction of sp³-hybridized carbons (Fsp3) is 0.417. The van der Waals surface area contributed by atoms with Gasteiger partial charge in [-0.15, -0.1) is 0 Å². The van der Waals surface area contributed by atoms with Gasteiger partial charge in [0.05, 0.1) is 18.0 Å². The van der Waals surface area contributed by atoms with Crippen molar-refractivity contribution in [3.63, 3.8) is 0 Å². The maximum Gasteiger partial charge on any atom is 0.244 e. The van der Waals surface area contributed by atoms with Gasteiger partial charge in [0.1, 0.15) is 0 Å². The van der Waals surface area contributed by atoms with Crippen molar-refractivity contribution in [2.45, 2.75) is 4.90 Å². The normalized spacial score (nSPS) is 11.6. The first-order chi connectivity index (χ1) is 9.78. The molecule has 0 heterocycles. The molecule has 0 spiro atoms. The van der Waals surface area contributed by atoms with Crippen LogP contribution in [0.5, 0.6) is 0 Å². The first-order valence-electron chi connectivity index (χ1n) is 6.06. The highest BCUT2D eigenvalue weighted by Crippen LogP contribution is 2.26. The topological polar surface area (TPSA) is 102 Å². The molecule has 9 heteroatoms. The fourth-order valence-corrected chi connectivity index (χ4v) is 3.71. The number of nitrogens with one attached hydrogen (secondary N) is 1. The Morgan fingerprint density at radius 1 is 1.48 bits per heavy atom. The lowest BCUT2D eigenvalue weighted by molar-refractivity contribution is -0.121. The highest BCUT2D eigenvalue weighted by atomic mass is 79.9. The van der Waals surface area contributed by atoms with Gasteiger partial charge in [-0.05, 0) is 34.1 Å². The SMILES string of the molecule is COCCNC(=O)CN(C)S(=O)(=O)c1ccc(N)cc1Br. The Hall–Kier alpha value is -1.16. The van der Waals surface area contributed by atoms with Gasteiger partial charge in [0, 0.05) is 30.9 Å². The molecule has 0 aliphatic carbocycles. The van der Waals surface area contributed by atoms with Gasteiger partial charge < -0.3 is 15.8 Å². The number of nitrogens with zero attached hydrogens (tertiary/aromatic N) is 1. The lowest BCUT2D eigenvalue weighted by Gasteiger charge is -2.18. The van der Waals surface area contributed by atoms with E-state index in [1.807, 2.05) is 0 Å². The van der Waals surface area contributed by atoms with E-state index in [4.69, 9.17) is 10.5 Å². The van der Waals surface area contributed by atoms with Crippen molar-refractivity contribution in [3.05, 3.63) is 22.7 Å². The molecule has 7 nitrogen and oxygen atoms in total. The van der Waals surface area contributed by atoms with Gasteiger partial charge in [-0.25, -0.2) is 8.42 Å². The molecule has 0 saturated heterocycles. The Morgan fingerprint density at radius 3 is 2.71 bits per heavy atom. The van der Waals surface area contributed by atoms with Crippen LogP contribution in [0.2, 0.25) is 0 Å². The smallest absolute Gasteiger partial charge is 0.244 e. The summed E-state index contributed by atoms with van der Waals surface area (Å²) in [5.74, 6) is -0.398. The third-order valence-corrected chi connectivity index (χ3v) is 5.42. The molecule has 0 bridgehead atoms. The summed E-state index contributed by atoms with van der Waals surface area (Å²) in [7, 11) is -0.917. The molecule has 21 heavy (non-hydrogen) atoms. The van der Waals surface area contributed by atoms with E-state index in [1.54, 1.807) is 0 Å². The van der Waals surface area contributed by atoms with Gasteiger partial charge in [0.25, 0.3) is 0 Å². The molecule has 0 radical (unpaired) electrons. The zero-order valence-electron chi connectivity index (χ0n) is 11.8.